The van der Waals surface area contributed by atoms with Crippen LogP contribution in [-0.2, 0) is 10.2 Å². The van der Waals surface area contributed by atoms with Crippen molar-refractivity contribution in [2.75, 3.05) is 19.8 Å². The van der Waals surface area contributed by atoms with Gasteiger partial charge in [0.25, 0.3) is 0 Å². The van der Waals surface area contributed by atoms with Crippen molar-refractivity contribution in [2.45, 2.75) is 30.6 Å². The van der Waals surface area contributed by atoms with Gasteiger partial charge in [-0.15, -0.1) is 11.3 Å². The van der Waals surface area contributed by atoms with E-state index in [-0.39, 0.29) is 5.41 Å². The lowest BCUT2D eigenvalue weighted by Gasteiger charge is -2.39. The normalized spacial score (nSPS) is 24.6. The van der Waals surface area contributed by atoms with Crippen LogP contribution >= 0.6 is 11.3 Å². The van der Waals surface area contributed by atoms with Crippen LogP contribution in [0.15, 0.2) is 5.38 Å². The van der Waals surface area contributed by atoms with Crippen LogP contribution in [0.2, 0.25) is 0 Å². The van der Waals surface area contributed by atoms with Crippen LogP contribution < -0.4 is 5.73 Å². The van der Waals surface area contributed by atoms with Crippen LogP contribution in [0.1, 0.15) is 35.9 Å². The summed E-state index contributed by atoms with van der Waals surface area (Å²) in [6, 6.07) is 0. The maximum Gasteiger partial charge on any atom is 0.0959 e. The molecule has 2 heterocycles. The molecule has 15 heavy (non-hydrogen) atoms. The summed E-state index contributed by atoms with van der Waals surface area (Å²) in [5, 5.41) is 3.50. The average Bonchev–Trinajstić information content (AvgIpc) is 2.50. The number of hydrogen-bond donors (Lipinski definition) is 1. The number of ether oxygens (including phenoxy) is 1. The van der Waals surface area contributed by atoms with Crippen molar-refractivity contribution >= 4 is 11.3 Å². The summed E-state index contributed by atoms with van der Waals surface area (Å²) in [4.78, 5) is 4.76. The molecule has 82 valence electrons. The fourth-order valence-electron chi connectivity index (χ4n) is 2.09. The maximum absolute atomic E-state index is 5.82. The summed E-state index contributed by atoms with van der Waals surface area (Å²) in [6.07, 6.45) is 4.00. The van der Waals surface area contributed by atoms with E-state index in [0.717, 1.165) is 19.1 Å². The molecule has 0 aromatic carbocycles. The Morgan fingerprint density at radius 2 is 2.33 bits per heavy atom. The van der Waals surface area contributed by atoms with Gasteiger partial charge < -0.3 is 10.5 Å². The largest absolute Gasteiger partial charge is 0.379 e. The van der Waals surface area contributed by atoms with Gasteiger partial charge in [-0.1, -0.05) is 6.42 Å². The molecule has 0 atom stereocenters. The van der Waals surface area contributed by atoms with E-state index in [0.29, 0.717) is 6.54 Å². The Morgan fingerprint density at radius 3 is 2.80 bits per heavy atom. The number of hydrogen-bond acceptors (Lipinski definition) is 4. The van der Waals surface area contributed by atoms with Crippen LogP contribution in [0, 0.1) is 0 Å². The third-order valence-electron chi connectivity index (χ3n) is 3.67. The average molecular weight is 224 g/mol. The van der Waals surface area contributed by atoms with E-state index in [1.54, 1.807) is 11.3 Å². The van der Waals surface area contributed by atoms with Crippen molar-refractivity contribution < 1.29 is 4.74 Å². The van der Waals surface area contributed by atoms with E-state index in [1.165, 1.54) is 30.0 Å². The Morgan fingerprint density at radius 1 is 1.53 bits per heavy atom. The molecular weight excluding hydrogens is 208 g/mol. The lowest BCUT2D eigenvalue weighted by molar-refractivity contribution is -0.0569. The first-order valence-corrected chi connectivity index (χ1v) is 6.46. The Balaban J connectivity index is 1.82. The molecule has 1 saturated carbocycles. The summed E-state index contributed by atoms with van der Waals surface area (Å²) in [6.45, 7) is 2.15. The molecule has 2 aliphatic rings. The van der Waals surface area contributed by atoms with Gasteiger partial charge in [0.15, 0.2) is 0 Å². The molecule has 2 fully saturated rings. The van der Waals surface area contributed by atoms with E-state index in [2.05, 4.69) is 5.38 Å². The Hall–Kier alpha value is -0.450. The zero-order chi connectivity index (χ0) is 10.3. The minimum Gasteiger partial charge on any atom is -0.379 e. The molecule has 3 rings (SSSR count). The number of thiazole rings is 1. The zero-order valence-corrected chi connectivity index (χ0v) is 9.55. The molecule has 2 N–H and O–H groups in total. The lowest BCUT2D eigenvalue weighted by Crippen LogP contribution is -2.52. The summed E-state index contributed by atoms with van der Waals surface area (Å²) in [5.41, 5.74) is 7.03. The lowest BCUT2D eigenvalue weighted by atomic mass is 9.82. The third kappa shape index (κ3) is 1.43. The monoisotopic (exact) mass is 224 g/mol. The second-order valence-corrected chi connectivity index (χ2v) is 5.57. The van der Waals surface area contributed by atoms with Gasteiger partial charge in [0.2, 0.25) is 0 Å². The van der Waals surface area contributed by atoms with Crippen LogP contribution in [-0.4, -0.2) is 24.7 Å². The molecule has 1 aromatic heterocycles. The molecule has 4 heteroatoms. The van der Waals surface area contributed by atoms with E-state index >= 15 is 0 Å². The Kier molecular flexibility index (Phi) is 2.30. The van der Waals surface area contributed by atoms with Gasteiger partial charge in [-0.3, -0.25) is 0 Å². The Labute approximate surface area is 93.7 Å². The van der Waals surface area contributed by atoms with Crippen LogP contribution in [0.3, 0.4) is 0 Å². The highest BCUT2D eigenvalue weighted by atomic mass is 32.1. The van der Waals surface area contributed by atoms with Gasteiger partial charge in [-0.05, 0) is 12.8 Å². The second-order valence-electron chi connectivity index (χ2n) is 4.68. The highest BCUT2D eigenvalue weighted by Crippen LogP contribution is 2.40. The predicted molar refractivity (Wildman–Crippen MR) is 60.3 cm³/mol. The van der Waals surface area contributed by atoms with Crippen molar-refractivity contribution in [3.05, 3.63) is 16.1 Å². The summed E-state index contributed by atoms with van der Waals surface area (Å²) >= 11 is 1.80. The molecule has 0 bridgehead atoms. The molecular formula is C11H16N2OS. The number of nitrogens with zero attached hydrogens (tertiary/aromatic N) is 1. The van der Waals surface area contributed by atoms with Gasteiger partial charge in [0, 0.05) is 17.8 Å². The first kappa shape index (κ1) is 9.75. The molecule has 1 saturated heterocycles. The van der Waals surface area contributed by atoms with E-state index in [4.69, 9.17) is 15.5 Å². The predicted octanol–water partition coefficient (Wildman–Crippen LogP) is 1.64. The molecule has 1 aliphatic heterocycles. The SMILES string of the molecule is NCC1(c2csc(C3CCC3)n2)COC1. The van der Waals surface area contributed by atoms with E-state index in [9.17, 15) is 0 Å². The summed E-state index contributed by atoms with van der Waals surface area (Å²) in [7, 11) is 0. The molecule has 3 nitrogen and oxygen atoms in total. The smallest absolute Gasteiger partial charge is 0.0959 e. The standard InChI is InChI=1S/C11H16N2OS/c12-5-11(6-14-7-11)9-4-15-10(13-9)8-2-1-3-8/h4,8H,1-3,5-7,12H2. The molecule has 0 amide bonds. The van der Waals surface area contributed by atoms with E-state index < -0.39 is 0 Å². The van der Waals surface area contributed by atoms with Crippen molar-refractivity contribution in [3.8, 4) is 0 Å². The van der Waals surface area contributed by atoms with Gasteiger partial charge in [0.1, 0.15) is 0 Å². The number of rotatable bonds is 3. The fraction of sp³-hybridized carbons (Fsp3) is 0.727. The highest BCUT2D eigenvalue weighted by molar-refractivity contribution is 7.09. The molecule has 0 unspecified atom stereocenters. The zero-order valence-electron chi connectivity index (χ0n) is 8.74. The molecule has 1 aliphatic carbocycles. The molecule has 1 aromatic rings. The van der Waals surface area contributed by atoms with Gasteiger partial charge in [-0.2, -0.15) is 0 Å². The number of aromatic nitrogens is 1. The third-order valence-corrected chi connectivity index (χ3v) is 4.67. The van der Waals surface area contributed by atoms with Gasteiger partial charge in [0.05, 0.1) is 29.3 Å². The first-order valence-electron chi connectivity index (χ1n) is 5.58. The Bertz CT molecular complexity index is 350. The second kappa shape index (κ2) is 3.54. The number of nitrogens with two attached hydrogens (primary N) is 1. The van der Waals surface area contributed by atoms with Crippen molar-refractivity contribution in [3.63, 3.8) is 0 Å². The summed E-state index contributed by atoms with van der Waals surface area (Å²) < 4.78 is 5.28. The highest BCUT2D eigenvalue weighted by Gasteiger charge is 2.41. The maximum atomic E-state index is 5.82. The van der Waals surface area contributed by atoms with Crippen LogP contribution in [0.5, 0.6) is 0 Å². The molecule has 0 radical (unpaired) electrons. The minimum atomic E-state index is 0.0402. The minimum absolute atomic E-state index is 0.0402. The van der Waals surface area contributed by atoms with Crippen LogP contribution in [0.4, 0.5) is 0 Å². The van der Waals surface area contributed by atoms with Crippen molar-refractivity contribution in [1.29, 1.82) is 0 Å². The summed E-state index contributed by atoms with van der Waals surface area (Å²) in [5.74, 6) is 0.736. The van der Waals surface area contributed by atoms with Crippen LogP contribution in [0.25, 0.3) is 0 Å². The first-order chi connectivity index (χ1) is 7.34. The quantitative estimate of drug-likeness (QED) is 0.849. The van der Waals surface area contributed by atoms with Crippen molar-refractivity contribution in [2.24, 2.45) is 5.73 Å². The van der Waals surface area contributed by atoms with E-state index in [1.807, 2.05) is 0 Å². The fourth-order valence-corrected chi connectivity index (χ4v) is 3.21. The van der Waals surface area contributed by atoms with Gasteiger partial charge >= 0.3 is 0 Å². The topological polar surface area (TPSA) is 48.1 Å². The van der Waals surface area contributed by atoms with Gasteiger partial charge in [-0.25, -0.2) is 4.98 Å². The molecule has 0 spiro atoms. The van der Waals surface area contributed by atoms with Crippen molar-refractivity contribution in [1.82, 2.24) is 4.98 Å².